The van der Waals surface area contributed by atoms with E-state index in [1.165, 1.54) is 0 Å². The van der Waals surface area contributed by atoms with Crippen molar-refractivity contribution in [2.45, 2.75) is 6.42 Å². The largest absolute Gasteiger partial charge is 0.396 e. The van der Waals surface area contributed by atoms with Crippen LogP contribution < -0.4 is 0 Å². The van der Waals surface area contributed by atoms with E-state index in [1.807, 2.05) is 6.07 Å². The number of ketones is 1. The number of carbonyl (C=O) groups excluding carboxylic acids is 1. The molecule has 1 fully saturated rings. The topological polar surface area (TPSA) is 56.3 Å². The van der Waals surface area contributed by atoms with Gasteiger partial charge in [-0.2, -0.15) is 0 Å². The molecule has 1 saturated heterocycles. The average Bonchev–Trinajstić information content (AvgIpc) is 2.87. The van der Waals surface area contributed by atoms with Gasteiger partial charge in [-0.1, -0.05) is 0 Å². The van der Waals surface area contributed by atoms with E-state index in [4.69, 9.17) is 5.11 Å². The number of aliphatic hydroxyl groups excluding tert-OH is 1. The van der Waals surface area contributed by atoms with Gasteiger partial charge >= 0.3 is 0 Å². The molecule has 2 N–H and O–H groups in total. The molecule has 1 aliphatic heterocycles. The zero-order valence-corrected chi connectivity index (χ0v) is 8.65. The van der Waals surface area contributed by atoms with Gasteiger partial charge in [-0.15, -0.1) is 0 Å². The van der Waals surface area contributed by atoms with Crippen molar-refractivity contribution in [2.75, 3.05) is 26.2 Å². The Kier molecular flexibility index (Phi) is 3.18. The number of Topliss-reactive ketones (excluding diaryl/α,β-unsaturated/α-hetero) is 1. The number of nitrogens with one attached hydrogen (secondary N) is 1. The van der Waals surface area contributed by atoms with Gasteiger partial charge in [0.15, 0.2) is 5.78 Å². The standard InChI is InChI=1S/C11H16N2O2/c14-8-9-3-5-13(6-9)7-11(15)10-2-1-4-12-10/h1-2,4,9,12,14H,3,5-8H2/t9-/m1/s1. The van der Waals surface area contributed by atoms with Gasteiger partial charge in [0, 0.05) is 19.3 Å². The first-order chi connectivity index (χ1) is 7.29. The minimum absolute atomic E-state index is 0.124. The van der Waals surface area contributed by atoms with Crippen LogP contribution in [0.3, 0.4) is 0 Å². The van der Waals surface area contributed by atoms with Crippen LogP contribution >= 0.6 is 0 Å². The fraction of sp³-hybridized carbons (Fsp3) is 0.545. The summed E-state index contributed by atoms with van der Waals surface area (Å²) in [6, 6.07) is 3.62. The van der Waals surface area contributed by atoms with Gasteiger partial charge < -0.3 is 10.1 Å². The highest BCUT2D eigenvalue weighted by molar-refractivity contribution is 5.95. The van der Waals surface area contributed by atoms with Crippen LogP contribution in [0, 0.1) is 5.92 Å². The summed E-state index contributed by atoms with van der Waals surface area (Å²) in [7, 11) is 0. The van der Waals surface area contributed by atoms with E-state index in [2.05, 4.69) is 9.88 Å². The molecule has 4 heteroatoms. The summed E-state index contributed by atoms with van der Waals surface area (Å²) < 4.78 is 0. The number of aromatic nitrogens is 1. The lowest BCUT2D eigenvalue weighted by Gasteiger charge is -2.13. The summed E-state index contributed by atoms with van der Waals surface area (Å²) in [5.41, 5.74) is 0.669. The lowest BCUT2D eigenvalue weighted by molar-refractivity contribution is 0.0936. The summed E-state index contributed by atoms with van der Waals surface area (Å²) in [5, 5.41) is 8.98. The number of rotatable bonds is 4. The van der Waals surface area contributed by atoms with Gasteiger partial charge in [0.2, 0.25) is 0 Å². The first-order valence-corrected chi connectivity index (χ1v) is 5.29. The summed E-state index contributed by atoms with van der Waals surface area (Å²) in [4.78, 5) is 16.7. The molecule has 0 unspecified atom stereocenters. The molecule has 0 aromatic carbocycles. The molecular formula is C11H16N2O2. The Balaban J connectivity index is 1.86. The molecule has 15 heavy (non-hydrogen) atoms. The van der Waals surface area contributed by atoms with Crippen molar-refractivity contribution in [1.82, 2.24) is 9.88 Å². The van der Waals surface area contributed by atoms with Crippen molar-refractivity contribution in [3.63, 3.8) is 0 Å². The van der Waals surface area contributed by atoms with Crippen LogP contribution in [0.15, 0.2) is 18.3 Å². The van der Waals surface area contributed by atoms with E-state index in [1.54, 1.807) is 12.3 Å². The Morgan fingerprint density at radius 3 is 3.13 bits per heavy atom. The van der Waals surface area contributed by atoms with Crippen molar-refractivity contribution in [3.8, 4) is 0 Å². The molecule has 0 spiro atoms. The third kappa shape index (κ3) is 2.46. The quantitative estimate of drug-likeness (QED) is 0.709. The number of aromatic amines is 1. The van der Waals surface area contributed by atoms with Crippen LogP contribution in [-0.4, -0.2) is 47.0 Å². The Labute approximate surface area is 88.9 Å². The fourth-order valence-electron chi connectivity index (χ4n) is 2.00. The summed E-state index contributed by atoms with van der Waals surface area (Å²) in [5.74, 6) is 0.472. The van der Waals surface area contributed by atoms with Crippen LogP contribution in [0.25, 0.3) is 0 Å². The summed E-state index contributed by atoms with van der Waals surface area (Å²) >= 11 is 0. The molecule has 0 aliphatic carbocycles. The molecule has 0 saturated carbocycles. The smallest absolute Gasteiger partial charge is 0.192 e. The van der Waals surface area contributed by atoms with Gasteiger partial charge in [-0.3, -0.25) is 9.69 Å². The molecule has 0 radical (unpaired) electrons. The number of aliphatic hydroxyl groups is 1. The normalized spacial score (nSPS) is 22.1. The molecule has 0 amide bonds. The van der Waals surface area contributed by atoms with E-state index < -0.39 is 0 Å². The van der Waals surface area contributed by atoms with E-state index in [0.717, 1.165) is 19.5 Å². The van der Waals surface area contributed by atoms with Gasteiger partial charge in [-0.05, 0) is 31.0 Å². The molecule has 1 aromatic heterocycles. The van der Waals surface area contributed by atoms with Crippen molar-refractivity contribution in [1.29, 1.82) is 0 Å². The van der Waals surface area contributed by atoms with Crippen molar-refractivity contribution in [3.05, 3.63) is 24.0 Å². The van der Waals surface area contributed by atoms with Crippen LogP contribution in [0.1, 0.15) is 16.9 Å². The highest BCUT2D eigenvalue weighted by Crippen LogP contribution is 2.15. The van der Waals surface area contributed by atoms with E-state index >= 15 is 0 Å². The third-order valence-electron chi connectivity index (χ3n) is 2.89. The first-order valence-electron chi connectivity index (χ1n) is 5.29. The molecular weight excluding hydrogens is 192 g/mol. The zero-order valence-electron chi connectivity index (χ0n) is 8.65. The SMILES string of the molecule is O=C(CN1CC[C@@H](CO)C1)c1ccc[nH]1. The average molecular weight is 208 g/mol. The second kappa shape index (κ2) is 4.59. The molecule has 1 aromatic rings. The van der Waals surface area contributed by atoms with Crippen LogP contribution in [0.5, 0.6) is 0 Å². The predicted octanol–water partition coefficient (Wildman–Crippen LogP) is 0.512. The highest BCUT2D eigenvalue weighted by Gasteiger charge is 2.23. The maximum atomic E-state index is 11.7. The maximum Gasteiger partial charge on any atom is 0.192 e. The van der Waals surface area contributed by atoms with E-state index in [9.17, 15) is 4.79 Å². The van der Waals surface area contributed by atoms with Crippen molar-refractivity contribution < 1.29 is 9.90 Å². The number of H-pyrrole nitrogens is 1. The molecule has 0 bridgehead atoms. The summed E-state index contributed by atoms with van der Waals surface area (Å²) in [6.45, 7) is 2.44. The van der Waals surface area contributed by atoms with Crippen LogP contribution in [0.4, 0.5) is 0 Å². The second-order valence-electron chi connectivity index (χ2n) is 4.08. The number of hydrogen-bond acceptors (Lipinski definition) is 3. The van der Waals surface area contributed by atoms with Gasteiger partial charge in [-0.25, -0.2) is 0 Å². The van der Waals surface area contributed by atoms with Gasteiger partial charge in [0.1, 0.15) is 0 Å². The minimum Gasteiger partial charge on any atom is -0.396 e. The fourth-order valence-corrected chi connectivity index (χ4v) is 2.00. The molecule has 82 valence electrons. The molecule has 2 rings (SSSR count). The first kappa shape index (κ1) is 10.4. The zero-order chi connectivity index (χ0) is 10.7. The Hall–Kier alpha value is -1.13. The maximum absolute atomic E-state index is 11.7. The molecule has 1 aliphatic rings. The molecule has 4 nitrogen and oxygen atoms in total. The van der Waals surface area contributed by atoms with Crippen LogP contribution in [-0.2, 0) is 0 Å². The Morgan fingerprint density at radius 1 is 1.67 bits per heavy atom. The lowest BCUT2D eigenvalue weighted by atomic mass is 10.1. The Morgan fingerprint density at radius 2 is 2.53 bits per heavy atom. The van der Waals surface area contributed by atoms with Crippen molar-refractivity contribution in [2.24, 2.45) is 5.92 Å². The number of carbonyl (C=O) groups is 1. The highest BCUT2D eigenvalue weighted by atomic mass is 16.3. The Bertz CT molecular complexity index is 321. The van der Waals surface area contributed by atoms with E-state index in [0.29, 0.717) is 18.2 Å². The van der Waals surface area contributed by atoms with Gasteiger partial charge in [0.25, 0.3) is 0 Å². The number of hydrogen-bond donors (Lipinski definition) is 2. The molecule has 2 heterocycles. The number of nitrogens with zero attached hydrogens (tertiary/aromatic N) is 1. The van der Waals surface area contributed by atoms with E-state index in [-0.39, 0.29) is 12.4 Å². The summed E-state index contributed by atoms with van der Waals surface area (Å²) in [6.07, 6.45) is 2.75. The van der Waals surface area contributed by atoms with Crippen molar-refractivity contribution >= 4 is 5.78 Å². The second-order valence-corrected chi connectivity index (χ2v) is 4.08. The molecule has 1 atom stereocenters. The minimum atomic E-state index is 0.124. The lowest BCUT2D eigenvalue weighted by Crippen LogP contribution is -2.28. The predicted molar refractivity (Wildman–Crippen MR) is 56.8 cm³/mol. The third-order valence-corrected chi connectivity index (χ3v) is 2.89. The monoisotopic (exact) mass is 208 g/mol. The van der Waals surface area contributed by atoms with Gasteiger partial charge in [0.05, 0.1) is 12.2 Å². The number of likely N-dealkylation sites (tertiary alicyclic amines) is 1. The van der Waals surface area contributed by atoms with Crippen LogP contribution in [0.2, 0.25) is 0 Å².